The van der Waals surface area contributed by atoms with Gasteiger partial charge in [-0.3, -0.25) is 9.69 Å². The third-order valence-corrected chi connectivity index (χ3v) is 10.3. The molecule has 3 fully saturated rings. The van der Waals surface area contributed by atoms with Crippen molar-refractivity contribution in [2.75, 3.05) is 36.1 Å². The molecule has 5 aromatic rings. The summed E-state index contributed by atoms with van der Waals surface area (Å²) in [6.07, 6.45) is 5.25. The van der Waals surface area contributed by atoms with Crippen molar-refractivity contribution in [2.24, 2.45) is 0 Å². The van der Waals surface area contributed by atoms with Crippen molar-refractivity contribution in [1.29, 1.82) is 0 Å². The lowest BCUT2D eigenvalue weighted by molar-refractivity contribution is 0.00980. The summed E-state index contributed by atoms with van der Waals surface area (Å²) in [4.78, 5) is 42.4. The van der Waals surface area contributed by atoms with Crippen LogP contribution in [-0.4, -0.2) is 80.8 Å². The van der Waals surface area contributed by atoms with E-state index in [-0.39, 0.29) is 79.2 Å². The van der Waals surface area contributed by atoms with Gasteiger partial charge in [-0.2, -0.15) is 0 Å². The lowest BCUT2D eigenvalue weighted by atomic mass is 10.0. The maximum absolute atomic E-state index is 16.1. The fourth-order valence-electron chi connectivity index (χ4n) is 7.54. The smallest absolute Gasteiger partial charge is 0.414 e. The van der Waals surface area contributed by atoms with Crippen LogP contribution in [0.2, 0.25) is 0 Å². The molecule has 54 heavy (non-hydrogen) atoms. The van der Waals surface area contributed by atoms with E-state index in [0.29, 0.717) is 12.1 Å². The van der Waals surface area contributed by atoms with Gasteiger partial charge < -0.3 is 33.5 Å². The second-order valence-corrected chi connectivity index (χ2v) is 14.2. The topological polar surface area (TPSA) is 150 Å². The molecule has 0 spiro atoms. The van der Waals surface area contributed by atoms with E-state index in [4.69, 9.17) is 18.9 Å². The Kier molecular flexibility index (Phi) is 8.21. The molecule has 0 unspecified atom stereocenters. The highest BCUT2D eigenvalue weighted by atomic mass is 19.1. The number of hydrogen-bond donors (Lipinski definition) is 1. The van der Waals surface area contributed by atoms with Crippen molar-refractivity contribution in [1.82, 2.24) is 19.6 Å². The first-order valence-electron chi connectivity index (χ1n) is 17.6. The third-order valence-electron chi connectivity index (χ3n) is 10.3. The van der Waals surface area contributed by atoms with E-state index < -0.39 is 46.9 Å². The average molecular weight is 741 g/mol. The Morgan fingerprint density at radius 3 is 2.65 bits per heavy atom. The van der Waals surface area contributed by atoms with Gasteiger partial charge in [-0.15, -0.1) is 5.10 Å². The fraction of sp³-hybridized carbons (Fsp3) is 0.342. The number of anilines is 2. The van der Waals surface area contributed by atoms with Gasteiger partial charge in [0, 0.05) is 30.9 Å². The Morgan fingerprint density at radius 2 is 1.89 bits per heavy atom. The number of esters is 1. The first-order chi connectivity index (χ1) is 26.1. The number of benzene rings is 3. The van der Waals surface area contributed by atoms with Gasteiger partial charge in [0.05, 0.1) is 48.5 Å². The van der Waals surface area contributed by atoms with Gasteiger partial charge >= 0.3 is 12.1 Å². The zero-order valence-corrected chi connectivity index (χ0v) is 28.8. The summed E-state index contributed by atoms with van der Waals surface area (Å²) >= 11 is 0. The van der Waals surface area contributed by atoms with Gasteiger partial charge in [-0.05, 0) is 36.6 Å². The largest absolute Gasteiger partial charge is 0.487 e. The summed E-state index contributed by atoms with van der Waals surface area (Å²) in [6, 6.07) is 13.8. The maximum atomic E-state index is 16.1. The lowest BCUT2D eigenvalue weighted by Gasteiger charge is -2.34. The van der Waals surface area contributed by atoms with Crippen LogP contribution in [0, 0.1) is 11.6 Å². The zero-order chi connectivity index (χ0) is 37.1. The third kappa shape index (κ3) is 6.15. The minimum Gasteiger partial charge on any atom is -0.487 e. The van der Waals surface area contributed by atoms with Crippen LogP contribution >= 0.6 is 0 Å². The molecule has 0 radical (unpaired) electrons. The van der Waals surface area contributed by atoms with Crippen LogP contribution in [0.25, 0.3) is 10.9 Å². The van der Waals surface area contributed by atoms with Gasteiger partial charge in [-0.1, -0.05) is 35.5 Å². The first kappa shape index (κ1) is 33.8. The molecule has 1 aliphatic carbocycles. The van der Waals surface area contributed by atoms with E-state index in [9.17, 15) is 19.5 Å². The Balaban J connectivity index is 0.926. The molecule has 0 bridgehead atoms. The molecule has 14 nitrogen and oxygen atoms in total. The number of nitrogens with zero attached hydrogens (tertiary/aromatic N) is 6. The number of hydrogen-bond acceptors (Lipinski definition) is 11. The van der Waals surface area contributed by atoms with E-state index >= 15 is 8.78 Å². The Hall–Kier alpha value is -6.03. The molecule has 278 valence electrons. The van der Waals surface area contributed by atoms with Crippen LogP contribution in [0.5, 0.6) is 11.5 Å². The number of pyridine rings is 1. The van der Waals surface area contributed by atoms with Gasteiger partial charge in [0.15, 0.2) is 23.1 Å². The summed E-state index contributed by atoms with van der Waals surface area (Å²) in [6.45, 7) is 0.175. The van der Waals surface area contributed by atoms with Gasteiger partial charge in [-0.25, -0.2) is 23.1 Å². The van der Waals surface area contributed by atoms with Crippen molar-refractivity contribution >= 4 is 34.3 Å². The minimum atomic E-state index is -1.52. The fourth-order valence-corrected chi connectivity index (χ4v) is 7.54. The molecule has 5 heterocycles. The SMILES string of the molecule is O=C(OCc1ccccc1)c1cn(C2CC2)c2c3c(c(F)cc2c1=O)N1C[C@](O)(COc2ccc(N4C[C@@H](Cn5ccnn5)OC4=O)cc2F)C[C@H]1CO3. The van der Waals surface area contributed by atoms with E-state index in [0.717, 1.165) is 30.5 Å². The summed E-state index contributed by atoms with van der Waals surface area (Å²) < 4.78 is 57.6. The van der Waals surface area contributed by atoms with Crippen LogP contribution in [-0.2, 0) is 22.6 Å². The number of aliphatic hydroxyl groups is 1. The number of cyclic esters (lactones) is 1. The first-order valence-corrected chi connectivity index (χ1v) is 17.6. The summed E-state index contributed by atoms with van der Waals surface area (Å²) in [5, 5.41) is 19.3. The summed E-state index contributed by atoms with van der Waals surface area (Å²) in [7, 11) is 0. The highest BCUT2D eigenvalue weighted by Gasteiger charge is 2.48. The molecule has 2 saturated heterocycles. The van der Waals surface area contributed by atoms with Crippen LogP contribution in [0.3, 0.4) is 0 Å². The number of ether oxygens (including phenoxy) is 4. The second-order valence-electron chi connectivity index (χ2n) is 14.2. The molecule has 4 aliphatic rings. The predicted molar refractivity (Wildman–Crippen MR) is 188 cm³/mol. The number of carbonyl (C=O) groups excluding carboxylic acids is 2. The highest BCUT2D eigenvalue weighted by molar-refractivity contribution is 5.98. The molecule has 2 aromatic heterocycles. The van der Waals surface area contributed by atoms with Crippen molar-refractivity contribution in [3.63, 3.8) is 0 Å². The van der Waals surface area contributed by atoms with Crippen molar-refractivity contribution < 1.29 is 42.4 Å². The van der Waals surface area contributed by atoms with Crippen LogP contribution in [0.15, 0.2) is 78.0 Å². The number of aromatic nitrogens is 4. The molecule has 3 aromatic carbocycles. The summed E-state index contributed by atoms with van der Waals surface area (Å²) in [5.74, 6) is -2.27. The monoisotopic (exact) mass is 740 g/mol. The van der Waals surface area contributed by atoms with Crippen LogP contribution in [0.1, 0.15) is 41.2 Å². The van der Waals surface area contributed by atoms with E-state index in [1.165, 1.54) is 34.1 Å². The minimum absolute atomic E-state index is 0.00426. The normalized spacial score (nSPS) is 21.8. The Labute approximate surface area is 306 Å². The standard InChI is InChI=1S/C38H34F2N6O8/c39-29-12-24(45-16-26(54-37(45)49)15-43-11-10-41-42-43)8-9-31(29)53-21-38(50)14-25-19-51-35-32-27(13-30(40)33(35)46(25)20-38)34(47)28(17-44(32)23-6-7-23)36(48)52-18-22-4-2-1-3-5-22/h1-5,8-13,17,23,25-26,50H,6-7,14-16,18-21H2/t25-,26+,38-/m0/s1. The molecule has 1 N–H and O–H groups in total. The van der Waals surface area contributed by atoms with Crippen molar-refractivity contribution in [3.05, 3.63) is 106 Å². The Morgan fingerprint density at radius 1 is 1.06 bits per heavy atom. The number of halogens is 2. The molecule has 16 heteroatoms. The quantitative estimate of drug-likeness (QED) is 0.204. The van der Waals surface area contributed by atoms with E-state index in [1.807, 2.05) is 18.2 Å². The maximum Gasteiger partial charge on any atom is 0.414 e. The Bertz CT molecular complexity index is 2340. The molecule has 1 amide bonds. The molecule has 1 saturated carbocycles. The van der Waals surface area contributed by atoms with Gasteiger partial charge in [0.1, 0.15) is 42.8 Å². The molecule has 3 aliphatic heterocycles. The lowest BCUT2D eigenvalue weighted by Crippen LogP contribution is -2.41. The number of carbonyl (C=O) groups is 2. The van der Waals surface area contributed by atoms with Crippen LogP contribution < -0.4 is 24.7 Å². The van der Waals surface area contributed by atoms with Gasteiger partial charge in [0.2, 0.25) is 5.43 Å². The van der Waals surface area contributed by atoms with Crippen LogP contribution in [0.4, 0.5) is 25.0 Å². The average Bonchev–Trinajstić information content (AvgIpc) is 3.58. The van der Waals surface area contributed by atoms with E-state index in [1.54, 1.807) is 27.8 Å². The van der Waals surface area contributed by atoms with Gasteiger partial charge in [0.25, 0.3) is 0 Å². The number of fused-ring (bicyclic) bond motifs is 5. The summed E-state index contributed by atoms with van der Waals surface area (Å²) in [5.41, 5.74) is -0.871. The molecule has 3 atom stereocenters. The predicted octanol–water partition coefficient (Wildman–Crippen LogP) is 4.37. The highest BCUT2D eigenvalue weighted by Crippen LogP contribution is 2.48. The van der Waals surface area contributed by atoms with Crippen molar-refractivity contribution in [3.8, 4) is 11.5 Å². The number of amides is 1. The van der Waals surface area contributed by atoms with E-state index in [2.05, 4.69) is 10.3 Å². The molecular weight excluding hydrogens is 706 g/mol. The molecule has 9 rings (SSSR count). The van der Waals surface area contributed by atoms with Crippen molar-refractivity contribution in [2.45, 2.75) is 56.2 Å². The zero-order valence-electron chi connectivity index (χ0n) is 28.8. The molecular formula is C38H34F2N6O8. The number of rotatable bonds is 10. The second kappa shape index (κ2) is 13.1.